The Morgan fingerprint density at radius 2 is 1.84 bits per heavy atom. The van der Waals surface area contributed by atoms with Crippen molar-refractivity contribution < 1.29 is 0 Å². The van der Waals surface area contributed by atoms with Crippen molar-refractivity contribution in [1.82, 2.24) is 9.97 Å². The number of halogens is 1. The van der Waals surface area contributed by atoms with E-state index in [9.17, 15) is 0 Å². The van der Waals surface area contributed by atoms with Crippen molar-refractivity contribution in [2.24, 2.45) is 0 Å². The summed E-state index contributed by atoms with van der Waals surface area (Å²) in [5, 5.41) is 1.11. The van der Waals surface area contributed by atoms with Crippen LogP contribution in [0.4, 0.5) is 0 Å². The van der Waals surface area contributed by atoms with Gasteiger partial charge in [0.1, 0.15) is 11.0 Å². The number of hydrogen-bond donors (Lipinski definition) is 0. The van der Waals surface area contributed by atoms with Gasteiger partial charge < -0.3 is 0 Å². The molecule has 0 aliphatic heterocycles. The number of nitrogens with zero attached hydrogens (tertiary/aromatic N) is 2. The molecular formula is C15H17ClN2S. The summed E-state index contributed by atoms with van der Waals surface area (Å²) < 4.78 is 0. The van der Waals surface area contributed by atoms with Crippen LogP contribution in [0, 0.1) is 6.92 Å². The Bertz CT molecular complexity index is 556. The van der Waals surface area contributed by atoms with E-state index in [2.05, 4.69) is 23.8 Å². The van der Waals surface area contributed by atoms with E-state index in [-0.39, 0.29) is 0 Å². The van der Waals surface area contributed by atoms with E-state index in [1.165, 1.54) is 0 Å². The lowest BCUT2D eigenvalue weighted by atomic mass is 10.1. The predicted molar refractivity (Wildman–Crippen MR) is 83.6 cm³/mol. The first-order valence-electron chi connectivity index (χ1n) is 6.28. The summed E-state index contributed by atoms with van der Waals surface area (Å²) in [6.07, 6.45) is 0. The summed E-state index contributed by atoms with van der Waals surface area (Å²) in [7, 11) is 0. The lowest BCUT2D eigenvalue weighted by Gasteiger charge is -2.10. The van der Waals surface area contributed by atoms with E-state index in [1.807, 2.05) is 49.0 Å². The molecule has 100 valence electrons. The van der Waals surface area contributed by atoms with Crippen molar-refractivity contribution in [3.63, 3.8) is 0 Å². The molecule has 0 radical (unpaired) electrons. The molecule has 0 N–H and O–H groups in total. The first-order chi connectivity index (χ1) is 9.08. The number of thioether (sulfide) groups is 1. The number of rotatable bonds is 4. The van der Waals surface area contributed by atoms with Crippen LogP contribution in [0.25, 0.3) is 11.3 Å². The maximum Gasteiger partial charge on any atom is 0.140 e. The van der Waals surface area contributed by atoms with Crippen LogP contribution in [0.15, 0.2) is 30.3 Å². The summed E-state index contributed by atoms with van der Waals surface area (Å²) in [6.45, 7) is 6.29. The van der Waals surface area contributed by atoms with Gasteiger partial charge in [-0.3, -0.25) is 0 Å². The molecule has 0 fully saturated rings. The smallest absolute Gasteiger partial charge is 0.140 e. The highest BCUT2D eigenvalue weighted by molar-refractivity contribution is 7.99. The zero-order valence-corrected chi connectivity index (χ0v) is 12.9. The van der Waals surface area contributed by atoms with E-state index in [0.717, 1.165) is 28.4 Å². The molecule has 4 heteroatoms. The molecule has 0 aliphatic carbocycles. The zero-order valence-electron chi connectivity index (χ0n) is 11.4. The van der Waals surface area contributed by atoms with Crippen molar-refractivity contribution in [3.05, 3.63) is 46.9 Å². The number of hydrogen-bond acceptors (Lipinski definition) is 3. The van der Waals surface area contributed by atoms with Crippen LogP contribution in [0.2, 0.25) is 5.15 Å². The van der Waals surface area contributed by atoms with Gasteiger partial charge in [-0.25, -0.2) is 9.97 Å². The zero-order chi connectivity index (χ0) is 13.8. The molecule has 0 saturated carbocycles. The molecule has 0 spiro atoms. The van der Waals surface area contributed by atoms with Gasteiger partial charge in [0.25, 0.3) is 0 Å². The fourth-order valence-corrected chi connectivity index (χ4v) is 2.51. The van der Waals surface area contributed by atoms with Crippen molar-refractivity contribution in [3.8, 4) is 11.3 Å². The Morgan fingerprint density at radius 1 is 1.16 bits per heavy atom. The van der Waals surface area contributed by atoms with Crippen molar-refractivity contribution in [2.75, 3.05) is 0 Å². The molecule has 0 atom stereocenters. The minimum atomic E-state index is 0.549. The molecular weight excluding hydrogens is 276 g/mol. The highest BCUT2D eigenvalue weighted by Crippen LogP contribution is 2.26. The van der Waals surface area contributed by atoms with Gasteiger partial charge in [0.2, 0.25) is 0 Å². The number of aromatic nitrogens is 2. The molecule has 1 aromatic carbocycles. The Labute approximate surface area is 123 Å². The molecule has 19 heavy (non-hydrogen) atoms. The van der Waals surface area contributed by atoms with Gasteiger partial charge >= 0.3 is 0 Å². The second-order valence-corrected chi connectivity index (χ2v) is 6.55. The second-order valence-electron chi connectivity index (χ2n) is 4.63. The summed E-state index contributed by atoms with van der Waals surface area (Å²) in [5.74, 6) is 1.59. The summed E-state index contributed by atoms with van der Waals surface area (Å²) in [5.41, 5.74) is 2.95. The van der Waals surface area contributed by atoms with Crippen LogP contribution >= 0.6 is 23.4 Å². The van der Waals surface area contributed by atoms with Crippen LogP contribution in [0.5, 0.6) is 0 Å². The van der Waals surface area contributed by atoms with Crippen molar-refractivity contribution in [2.45, 2.75) is 31.8 Å². The monoisotopic (exact) mass is 292 g/mol. The quantitative estimate of drug-likeness (QED) is 0.761. The van der Waals surface area contributed by atoms with Crippen LogP contribution in [-0.4, -0.2) is 15.2 Å². The summed E-state index contributed by atoms with van der Waals surface area (Å²) in [6, 6.07) is 10.1. The lowest BCUT2D eigenvalue weighted by molar-refractivity contribution is 1.01. The fourth-order valence-electron chi connectivity index (χ4n) is 1.72. The fraction of sp³-hybridized carbons (Fsp3) is 0.333. The minimum absolute atomic E-state index is 0.549. The Hall–Kier alpha value is -1.06. The highest BCUT2D eigenvalue weighted by Gasteiger charge is 2.11. The van der Waals surface area contributed by atoms with Gasteiger partial charge in [0.05, 0.1) is 11.4 Å². The maximum atomic E-state index is 6.22. The molecule has 0 unspecified atom stereocenters. The molecule has 0 saturated heterocycles. The second kappa shape index (κ2) is 6.40. The van der Waals surface area contributed by atoms with Gasteiger partial charge in [-0.05, 0) is 12.2 Å². The molecule has 1 aromatic heterocycles. The Morgan fingerprint density at radius 3 is 2.47 bits per heavy atom. The first-order valence-corrected chi connectivity index (χ1v) is 7.70. The molecule has 2 aromatic rings. The van der Waals surface area contributed by atoms with Crippen molar-refractivity contribution in [1.29, 1.82) is 0 Å². The highest BCUT2D eigenvalue weighted by atomic mass is 35.5. The first kappa shape index (κ1) is 14.4. The third-order valence-corrected chi connectivity index (χ3v) is 4.19. The van der Waals surface area contributed by atoms with Crippen LogP contribution in [0.3, 0.4) is 0 Å². The van der Waals surface area contributed by atoms with Gasteiger partial charge in [-0.1, -0.05) is 55.8 Å². The predicted octanol–water partition coefficient (Wildman–Crippen LogP) is 4.75. The van der Waals surface area contributed by atoms with E-state index in [4.69, 9.17) is 11.6 Å². The summed E-state index contributed by atoms with van der Waals surface area (Å²) >= 11 is 8.04. The normalized spacial score (nSPS) is 11.0. The molecule has 1 heterocycles. The third kappa shape index (κ3) is 3.71. The average Bonchev–Trinajstić information content (AvgIpc) is 2.41. The lowest BCUT2D eigenvalue weighted by Crippen LogP contribution is -2.01. The van der Waals surface area contributed by atoms with E-state index in [1.54, 1.807) is 0 Å². The maximum absolute atomic E-state index is 6.22. The van der Waals surface area contributed by atoms with Crippen LogP contribution < -0.4 is 0 Å². The topological polar surface area (TPSA) is 25.8 Å². The van der Waals surface area contributed by atoms with E-state index < -0.39 is 0 Å². The van der Waals surface area contributed by atoms with Gasteiger partial charge in [-0.15, -0.1) is 0 Å². The third-order valence-electron chi connectivity index (χ3n) is 2.73. The molecule has 0 aliphatic rings. The average molecular weight is 293 g/mol. The van der Waals surface area contributed by atoms with Crippen molar-refractivity contribution >= 4 is 23.4 Å². The van der Waals surface area contributed by atoms with Gasteiger partial charge in [0, 0.05) is 11.1 Å². The summed E-state index contributed by atoms with van der Waals surface area (Å²) in [4.78, 5) is 9.02. The molecule has 2 nitrogen and oxygen atoms in total. The van der Waals surface area contributed by atoms with Gasteiger partial charge in [-0.2, -0.15) is 11.8 Å². The molecule has 0 bridgehead atoms. The molecule has 2 rings (SSSR count). The molecule has 0 amide bonds. The van der Waals surface area contributed by atoms with E-state index in [0.29, 0.717) is 10.4 Å². The SMILES string of the molecule is Cc1c(Cl)nc(CSC(C)C)nc1-c1ccccc1. The minimum Gasteiger partial charge on any atom is -0.232 e. The van der Waals surface area contributed by atoms with Crippen LogP contribution in [-0.2, 0) is 5.75 Å². The van der Waals surface area contributed by atoms with Gasteiger partial charge in [0.15, 0.2) is 0 Å². The van der Waals surface area contributed by atoms with E-state index >= 15 is 0 Å². The Kier molecular flexibility index (Phi) is 4.83. The van der Waals surface area contributed by atoms with Crippen LogP contribution in [0.1, 0.15) is 25.2 Å². The standard InChI is InChI=1S/C15H17ClN2S/c1-10(2)19-9-13-17-14(11(3)15(16)18-13)12-7-5-4-6-8-12/h4-8,10H,9H2,1-3H3. The number of benzene rings is 1. The Balaban J connectivity index is 2.38. The largest absolute Gasteiger partial charge is 0.232 e.